The van der Waals surface area contributed by atoms with Crippen LogP contribution < -0.4 is 10.6 Å². The molecule has 2 heterocycles. The lowest BCUT2D eigenvalue weighted by Gasteiger charge is -2.27. The smallest absolute Gasteiger partial charge is 0.191 e. The van der Waals surface area contributed by atoms with Gasteiger partial charge in [-0.2, -0.15) is 5.10 Å². The average Bonchev–Trinajstić information content (AvgIpc) is 3.42. The molecule has 0 saturated carbocycles. The number of benzene rings is 1. The van der Waals surface area contributed by atoms with Gasteiger partial charge in [0, 0.05) is 31.5 Å². The van der Waals surface area contributed by atoms with Crippen molar-refractivity contribution in [2.45, 2.75) is 52.2 Å². The third-order valence-corrected chi connectivity index (χ3v) is 5.40. The van der Waals surface area contributed by atoms with Crippen molar-refractivity contribution in [3.8, 4) is 0 Å². The zero-order valence-corrected chi connectivity index (χ0v) is 17.3. The highest BCUT2D eigenvalue weighted by atomic mass is 15.3. The first-order valence-corrected chi connectivity index (χ1v) is 10.6. The molecule has 1 aromatic heterocycles. The van der Waals surface area contributed by atoms with Gasteiger partial charge in [0.1, 0.15) is 0 Å². The molecular formula is C22H34N6. The van der Waals surface area contributed by atoms with E-state index in [2.05, 4.69) is 58.7 Å². The minimum atomic E-state index is 0.582. The van der Waals surface area contributed by atoms with Gasteiger partial charge in [0.15, 0.2) is 5.96 Å². The summed E-state index contributed by atoms with van der Waals surface area (Å²) in [5.74, 6) is 0.897. The molecule has 1 atom stereocenters. The molecule has 1 aliphatic heterocycles. The second-order valence-corrected chi connectivity index (χ2v) is 7.35. The summed E-state index contributed by atoms with van der Waals surface area (Å²) in [6, 6.07) is 11.0. The third-order valence-electron chi connectivity index (χ3n) is 5.40. The molecule has 0 spiro atoms. The number of nitrogens with one attached hydrogen (secondary N) is 2. The molecule has 6 heteroatoms. The molecule has 1 aliphatic rings. The highest BCUT2D eigenvalue weighted by Crippen LogP contribution is 2.14. The van der Waals surface area contributed by atoms with Crippen molar-refractivity contribution in [1.82, 2.24) is 25.3 Å². The molecule has 2 aromatic rings. The van der Waals surface area contributed by atoms with Crippen molar-refractivity contribution >= 4 is 5.96 Å². The summed E-state index contributed by atoms with van der Waals surface area (Å²) in [5, 5.41) is 11.3. The maximum atomic E-state index is 4.85. The van der Waals surface area contributed by atoms with Gasteiger partial charge < -0.3 is 10.6 Å². The van der Waals surface area contributed by atoms with Crippen LogP contribution in [0.3, 0.4) is 0 Å². The van der Waals surface area contributed by atoms with Crippen molar-refractivity contribution in [3.63, 3.8) is 0 Å². The highest BCUT2D eigenvalue weighted by molar-refractivity contribution is 5.79. The summed E-state index contributed by atoms with van der Waals surface area (Å²) in [4.78, 5) is 7.46. The first kappa shape index (κ1) is 20.4. The van der Waals surface area contributed by atoms with Crippen LogP contribution in [0.15, 0.2) is 47.7 Å². The van der Waals surface area contributed by atoms with Gasteiger partial charge in [-0.05, 0) is 56.5 Å². The highest BCUT2D eigenvalue weighted by Gasteiger charge is 2.20. The normalized spacial score (nSPS) is 16.3. The van der Waals surface area contributed by atoms with Crippen LogP contribution in [0.5, 0.6) is 0 Å². The van der Waals surface area contributed by atoms with Crippen molar-refractivity contribution < 1.29 is 0 Å². The van der Waals surface area contributed by atoms with E-state index in [0.29, 0.717) is 12.6 Å². The molecular weight excluding hydrogens is 348 g/mol. The lowest BCUT2D eigenvalue weighted by Crippen LogP contribution is -2.46. The van der Waals surface area contributed by atoms with Crippen LogP contribution in [-0.4, -0.2) is 52.9 Å². The van der Waals surface area contributed by atoms with Gasteiger partial charge in [-0.25, -0.2) is 4.99 Å². The fraction of sp³-hybridized carbons (Fsp3) is 0.545. The molecule has 0 bridgehead atoms. The summed E-state index contributed by atoms with van der Waals surface area (Å²) in [6.45, 7) is 10.1. The Morgan fingerprint density at radius 3 is 2.57 bits per heavy atom. The Labute approximate surface area is 169 Å². The summed E-state index contributed by atoms with van der Waals surface area (Å²) in [7, 11) is 0. The Morgan fingerprint density at radius 2 is 1.89 bits per heavy atom. The van der Waals surface area contributed by atoms with E-state index in [1.165, 1.54) is 43.5 Å². The zero-order chi connectivity index (χ0) is 19.6. The lowest BCUT2D eigenvalue weighted by atomic mass is 10.1. The molecule has 1 unspecified atom stereocenters. The molecule has 0 amide bonds. The van der Waals surface area contributed by atoms with Gasteiger partial charge in [0.05, 0.1) is 13.1 Å². The number of guanidine groups is 1. The molecule has 3 rings (SSSR count). The van der Waals surface area contributed by atoms with Gasteiger partial charge in [0.25, 0.3) is 0 Å². The third kappa shape index (κ3) is 5.83. The predicted octanol–water partition coefficient (Wildman–Crippen LogP) is 2.86. The van der Waals surface area contributed by atoms with E-state index in [1.807, 2.05) is 23.1 Å². The number of likely N-dealkylation sites (tertiary alicyclic amines) is 1. The summed E-state index contributed by atoms with van der Waals surface area (Å²) < 4.78 is 1.95. The van der Waals surface area contributed by atoms with E-state index < -0.39 is 0 Å². The fourth-order valence-corrected chi connectivity index (χ4v) is 3.79. The number of aliphatic imine (C=N–C) groups is 1. The Balaban J connectivity index is 1.62. The predicted molar refractivity (Wildman–Crippen MR) is 115 cm³/mol. The monoisotopic (exact) mass is 382 g/mol. The fourth-order valence-electron chi connectivity index (χ4n) is 3.79. The van der Waals surface area contributed by atoms with Crippen LogP contribution in [0.1, 0.15) is 44.2 Å². The molecule has 6 nitrogen and oxygen atoms in total. The number of hydrogen-bond donors (Lipinski definition) is 2. The molecule has 28 heavy (non-hydrogen) atoms. The number of hydrogen-bond acceptors (Lipinski definition) is 3. The zero-order valence-electron chi connectivity index (χ0n) is 17.3. The topological polar surface area (TPSA) is 57.5 Å². The minimum Gasteiger partial charge on any atom is -0.357 e. The van der Waals surface area contributed by atoms with E-state index in [1.54, 1.807) is 0 Å². The molecule has 0 radical (unpaired) electrons. The Morgan fingerprint density at radius 1 is 1.11 bits per heavy atom. The van der Waals surface area contributed by atoms with Gasteiger partial charge in [-0.3, -0.25) is 9.58 Å². The largest absolute Gasteiger partial charge is 0.357 e. The summed E-state index contributed by atoms with van der Waals surface area (Å²) in [6.07, 6.45) is 7.64. The van der Waals surface area contributed by atoms with Crippen molar-refractivity contribution in [1.29, 1.82) is 0 Å². The lowest BCUT2D eigenvalue weighted by molar-refractivity contribution is 0.236. The number of aromatic nitrogens is 2. The quantitative estimate of drug-likeness (QED) is 0.517. The van der Waals surface area contributed by atoms with Crippen LogP contribution in [-0.2, 0) is 13.1 Å². The first-order chi connectivity index (χ1) is 13.8. The van der Waals surface area contributed by atoms with Crippen molar-refractivity contribution in [3.05, 3.63) is 53.9 Å². The van der Waals surface area contributed by atoms with Crippen molar-refractivity contribution in [2.75, 3.05) is 26.2 Å². The minimum absolute atomic E-state index is 0.582. The van der Waals surface area contributed by atoms with E-state index in [4.69, 9.17) is 4.99 Å². The molecule has 1 fully saturated rings. The van der Waals surface area contributed by atoms with Crippen LogP contribution >= 0.6 is 0 Å². The second kappa shape index (κ2) is 10.9. The molecule has 152 valence electrons. The van der Waals surface area contributed by atoms with Crippen LogP contribution in [0.2, 0.25) is 0 Å². The Hall–Kier alpha value is -2.34. The van der Waals surface area contributed by atoms with Crippen LogP contribution in [0, 0.1) is 0 Å². The van der Waals surface area contributed by atoms with E-state index >= 15 is 0 Å². The van der Waals surface area contributed by atoms with E-state index in [-0.39, 0.29) is 0 Å². The Bertz CT molecular complexity index is 718. The van der Waals surface area contributed by atoms with E-state index in [9.17, 15) is 0 Å². The maximum absolute atomic E-state index is 4.85. The SMILES string of the molecule is CCNC(=NCc1ccccc1Cn1cccn1)NCC(CC)N1CCCC1. The maximum Gasteiger partial charge on any atom is 0.191 e. The molecule has 1 saturated heterocycles. The van der Waals surface area contributed by atoms with Gasteiger partial charge in [0.2, 0.25) is 0 Å². The second-order valence-electron chi connectivity index (χ2n) is 7.35. The standard InChI is InChI=1S/C22H34N6/c1-3-21(27-13-7-8-14-27)17-25-22(23-4-2)24-16-19-10-5-6-11-20(19)18-28-15-9-12-26-28/h5-6,9-12,15,21H,3-4,7-8,13-14,16-18H2,1-2H3,(H2,23,24,25). The average molecular weight is 383 g/mol. The number of nitrogens with zero attached hydrogens (tertiary/aromatic N) is 4. The van der Waals surface area contributed by atoms with Crippen molar-refractivity contribution in [2.24, 2.45) is 4.99 Å². The molecule has 2 N–H and O–H groups in total. The molecule has 1 aromatic carbocycles. The summed E-state index contributed by atoms with van der Waals surface area (Å²) >= 11 is 0. The Kier molecular flexibility index (Phi) is 7.91. The summed E-state index contributed by atoms with van der Waals surface area (Å²) in [5.41, 5.74) is 2.50. The number of rotatable bonds is 9. The van der Waals surface area contributed by atoms with E-state index in [0.717, 1.165) is 25.6 Å². The molecule has 0 aliphatic carbocycles. The van der Waals surface area contributed by atoms with Gasteiger partial charge >= 0.3 is 0 Å². The van der Waals surface area contributed by atoms with Gasteiger partial charge in [-0.15, -0.1) is 0 Å². The first-order valence-electron chi connectivity index (χ1n) is 10.6. The van der Waals surface area contributed by atoms with Gasteiger partial charge in [-0.1, -0.05) is 31.2 Å². The van der Waals surface area contributed by atoms with Crippen LogP contribution in [0.25, 0.3) is 0 Å². The van der Waals surface area contributed by atoms with Crippen LogP contribution in [0.4, 0.5) is 0 Å².